The first-order valence-electron chi connectivity index (χ1n) is 11.0. The lowest BCUT2D eigenvalue weighted by atomic mass is 9.93. The Balaban J connectivity index is 1.27. The average Bonchev–Trinajstić information content (AvgIpc) is 3.22. The molecule has 4 heterocycles. The van der Waals surface area contributed by atoms with E-state index in [9.17, 15) is 0 Å². The van der Waals surface area contributed by atoms with E-state index in [2.05, 4.69) is 43.8 Å². The number of rotatable bonds is 6. The maximum absolute atomic E-state index is 4.72. The number of hydrogen-bond acceptors (Lipinski definition) is 5. The van der Waals surface area contributed by atoms with Gasteiger partial charge in [-0.1, -0.05) is 13.3 Å². The van der Waals surface area contributed by atoms with Gasteiger partial charge in [0.05, 0.1) is 0 Å². The minimum absolute atomic E-state index is 0.736. The molecule has 152 valence electrons. The normalized spacial score (nSPS) is 20.0. The summed E-state index contributed by atoms with van der Waals surface area (Å²) in [5.74, 6) is 2.81. The highest BCUT2D eigenvalue weighted by Crippen LogP contribution is 2.26. The van der Waals surface area contributed by atoms with Crippen LogP contribution in [0.4, 0.5) is 5.82 Å². The summed E-state index contributed by atoms with van der Waals surface area (Å²) in [6.07, 6.45) is 11.2. The molecule has 6 nitrogen and oxygen atoms in total. The Kier molecular flexibility index (Phi) is 6.25. The van der Waals surface area contributed by atoms with Crippen LogP contribution in [0.25, 0.3) is 0 Å². The van der Waals surface area contributed by atoms with E-state index >= 15 is 0 Å². The van der Waals surface area contributed by atoms with Crippen LogP contribution in [-0.2, 0) is 13.0 Å². The lowest BCUT2D eigenvalue weighted by Crippen LogP contribution is -2.48. The molecule has 4 rings (SSSR count). The van der Waals surface area contributed by atoms with E-state index in [1.807, 2.05) is 19.2 Å². The average molecular weight is 383 g/mol. The van der Waals surface area contributed by atoms with Gasteiger partial charge in [-0.15, -0.1) is 0 Å². The molecule has 2 aromatic heterocycles. The molecule has 2 aliphatic heterocycles. The second-order valence-corrected chi connectivity index (χ2v) is 8.44. The lowest BCUT2D eigenvalue weighted by Gasteiger charge is -2.42. The fourth-order valence-corrected chi connectivity index (χ4v) is 4.79. The van der Waals surface area contributed by atoms with Crippen LogP contribution in [0.5, 0.6) is 0 Å². The van der Waals surface area contributed by atoms with Gasteiger partial charge in [0, 0.05) is 49.8 Å². The minimum atomic E-state index is 0.736. The Hall–Kier alpha value is -1.95. The van der Waals surface area contributed by atoms with Gasteiger partial charge in [0.1, 0.15) is 11.6 Å². The first kappa shape index (κ1) is 19.4. The molecule has 0 amide bonds. The van der Waals surface area contributed by atoms with Crippen molar-refractivity contribution in [3.63, 3.8) is 0 Å². The zero-order chi connectivity index (χ0) is 19.3. The van der Waals surface area contributed by atoms with Crippen LogP contribution in [0.1, 0.15) is 50.5 Å². The van der Waals surface area contributed by atoms with Crippen molar-refractivity contribution < 1.29 is 0 Å². The van der Waals surface area contributed by atoms with E-state index in [1.165, 1.54) is 44.5 Å². The Labute approximate surface area is 169 Å². The number of hydrogen-bond donors (Lipinski definition) is 0. The molecule has 0 aliphatic carbocycles. The SMILES string of the molecule is CCCc1cc(N2CCC(N3CCC(Cn4cccn4)CC3)CC2)nc(C)n1. The molecule has 0 aromatic carbocycles. The van der Waals surface area contributed by atoms with E-state index in [0.717, 1.165) is 56.1 Å². The van der Waals surface area contributed by atoms with Crippen LogP contribution in [-0.4, -0.2) is 56.9 Å². The van der Waals surface area contributed by atoms with E-state index in [1.54, 1.807) is 0 Å². The molecule has 0 unspecified atom stereocenters. The molecule has 0 spiro atoms. The zero-order valence-electron chi connectivity index (χ0n) is 17.4. The van der Waals surface area contributed by atoms with Crippen molar-refractivity contribution in [1.82, 2.24) is 24.6 Å². The molecule has 28 heavy (non-hydrogen) atoms. The van der Waals surface area contributed by atoms with Gasteiger partial charge >= 0.3 is 0 Å². The number of aromatic nitrogens is 4. The molecular formula is C22H34N6. The Bertz CT molecular complexity index is 727. The van der Waals surface area contributed by atoms with Gasteiger partial charge in [-0.25, -0.2) is 9.97 Å². The molecule has 0 N–H and O–H groups in total. The van der Waals surface area contributed by atoms with Crippen molar-refractivity contribution in [3.8, 4) is 0 Å². The second kappa shape index (κ2) is 9.03. The molecule has 6 heteroatoms. The number of anilines is 1. The summed E-state index contributed by atoms with van der Waals surface area (Å²) in [5, 5.41) is 4.37. The van der Waals surface area contributed by atoms with Gasteiger partial charge in [0.25, 0.3) is 0 Å². The van der Waals surface area contributed by atoms with Crippen LogP contribution in [0.2, 0.25) is 0 Å². The molecule has 2 saturated heterocycles. The molecule has 2 aromatic rings. The maximum Gasteiger partial charge on any atom is 0.132 e. The number of nitrogens with zero attached hydrogens (tertiary/aromatic N) is 6. The van der Waals surface area contributed by atoms with Gasteiger partial charge in [0.2, 0.25) is 0 Å². The largest absolute Gasteiger partial charge is 0.356 e. The Morgan fingerprint density at radius 2 is 1.82 bits per heavy atom. The summed E-state index contributed by atoms with van der Waals surface area (Å²) in [6, 6.07) is 4.96. The fraction of sp³-hybridized carbons (Fsp3) is 0.682. The zero-order valence-corrected chi connectivity index (χ0v) is 17.4. The predicted molar refractivity (Wildman–Crippen MR) is 113 cm³/mol. The summed E-state index contributed by atoms with van der Waals surface area (Å²) in [6.45, 7) is 10.0. The van der Waals surface area contributed by atoms with Crippen LogP contribution >= 0.6 is 0 Å². The van der Waals surface area contributed by atoms with Gasteiger partial charge < -0.3 is 9.80 Å². The van der Waals surface area contributed by atoms with Crippen molar-refractivity contribution in [1.29, 1.82) is 0 Å². The Morgan fingerprint density at radius 1 is 1.04 bits per heavy atom. The van der Waals surface area contributed by atoms with Crippen molar-refractivity contribution in [2.24, 2.45) is 5.92 Å². The highest BCUT2D eigenvalue weighted by atomic mass is 15.3. The van der Waals surface area contributed by atoms with Crippen LogP contribution in [0.3, 0.4) is 0 Å². The van der Waals surface area contributed by atoms with Gasteiger partial charge in [-0.05, 0) is 64.1 Å². The number of piperidine rings is 2. The van der Waals surface area contributed by atoms with Crippen molar-refractivity contribution >= 4 is 5.82 Å². The Morgan fingerprint density at radius 3 is 2.50 bits per heavy atom. The molecule has 2 aliphatic rings. The molecular weight excluding hydrogens is 348 g/mol. The van der Waals surface area contributed by atoms with Crippen LogP contribution in [0, 0.1) is 12.8 Å². The topological polar surface area (TPSA) is 50.1 Å². The first-order chi connectivity index (χ1) is 13.7. The summed E-state index contributed by atoms with van der Waals surface area (Å²) >= 11 is 0. The van der Waals surface area contributed by atoms with Crippen molar-refractivity contribution in [2.75, 3.05) is 31.1 Å². The third kappa shape index (κ3) is 4.72. The summed E-state index contributed by atoms with van der Waals surface area (Å²) < 4.78 is 2.09. The third-order valence-corrected chi connectivity index (χ3v) is 6.34. The summed E-state index contributed by atoms with van der Waals surface area (Å²) in [4.78, 5) is 14.5. The smallest absolute Gasteiger partial charge is 0.132 e. The molecule has 0 atom stereocenters. The standard InChI is InChI=1S/C22H34N6/c1-3-5-20-16-22(25-18(2)24-20)27-14-8-21(9-15-27)26-12-6-19(7-13-26)17-28-11-4-10-23-28/h4,10-11,16,19,21H,3,5-9,12-15,17H2,1-2H3. The third-order valence-electron chi connectivity index (χ3n) is 6.34. The van der Waals surface area contributed by atoms with Crippen LogP contribution in [0.15, 0.2) is 24.5 Å². The predicted octanol–water partition coefficient (Wildman–Crippen LogP) is 3.32. The number of likely N-dealkylation sites (tertiary alicyclic amines) is 1. The number of aryl methyl sites for hydroxylation is 2. The first-order valence-corrected chi connectivity index (χ1v) is 11.0. The second-order valence-electron chi connectivity index (χ2n) is 8.44. The molecule has 0 radical (unpaired) electrons. The van der Waals surface area contributed by atoms with Crippen molar-refractivity contribution in [2.45, 2.75) is 65.0 Å². The monoisotopic (exact) mass is 382 g/mol. The van der Waals surface area contributed by atoms with E-state index < -0.39 is 0 Å². The quantitative estimate of drug-likeness (QED) is 0.767. The summed E-state index contributed by atoms with van der Waals surface area (Å²) in [7, 11) is 0. The van der Waals surface area contributed by atoms with Crippen LogP contribution < -0.4 is 4.90 Å². The van der Waals surface area contributed by atoms with Crippen molar-refractivity contribution in [3.05, 3.63) is 36.0 Å². The lowest BCUT2D eigenvalue weighted by molar-refractivity contribution is 0.108. The van der Waals surface area contributed by atoms with E-state index in [0.29, 0.717) is 0 Å². The molecule has 2 fully saturated rings. The molecule has 0 bridgehead atoms. The highest BCUT2D eigenvalue weighted by molar-refractivity contribution is 5.40. The highest BCUT2D eigenvalue weighted by Gasteiger charge is 2.29. The summed E-state index contributed by atoms with van der Waals surface area (Å²) in [5.41, 5.74) is 1.19. The van der Waals surface area contributed by atoms with Gasteiger partial charge in [-0.2, -0.15) is 5.10 Å². The fourth-order valence-electron chi connectivity index (χ4n) is 4.79. The van der Waals surface area contributed by atoms with E-state index in [4.69, 9.17) is 4.98 Å². The van der Waals surface area contributed by atoms with Gasteiger partial charge in [-0.3, -0.25) is 4.68 Å². The van der Waals surface area contributed by atoms with E-state index in [-0.39, 0.29) is 0 Å². The molecule has 0 saturated carbocycles. The maximum atomic E-state index is 4.72. The van der Waals surface area contributed by atoms with Gasteiger partial charge in [0.15, 0.2) is 0 Å². The minimum Gasteiger partial charge on any atom is -0.356 e.